The Hall–Kier alpha value is -0.450. The Labute approximate surface area is 234 Å². The van der Waals surface area contributed by atoms with Gasteiger partial charge in [-0.25, -0.2) is 0 Å². The topological polar surface area (TPSA) is 49.8 Å². The van der Waals surface area contributed by atoms with Gasteiger partial charge in [0.1, 0.15) is 6.29 Å². The van der Waals surface area contributed by atoms with Gasteiger partial charge >= 0.3 is 0 Å². The fourth-order valence-electron chi connectivity index (χ4n) is 4.30. The lowest BCUT2D eigenvalue weighted by Crippen LogP contribution is -2.29. The number of ether oxygens (including phenoxy) is 1. The van der Waals surface area contributed by atoms with Gasteiger partial charge in [-0.3, -0.25) is 0 Å². The van der Waals surface area contributed by atoms with E-state index in [4.69, 9.17) is 9.84 Å². The molecule has 0 saturated carbocycles. The largest absolute Gasteiger partial charge is 0.395 e. The van der Waals surface area contributed by atoms with E-state index in [1.54, 1.807) is 0 Å². The normalized spacial score (nSPS) is 11.5. The molecule has 4 heteroatoms. The molecule has 0 aromatic carbocycles. The minimum atomic E-state index is 0.272. The number of methoxy groups -OCH3 is 1. The molecule has 226 valence electrons. The van der Waals surface area contributed by atoms with Crippen LogP contribution in [-0.2, 0) is 9.53 Å². The van der Waals surface area contributed by atoms with E-state index in [2.05, 4.69) is 39.5 Å². The molecule has 4 nitrogen and oxygen atoms in total. The standard InChI is InChI=1S/C17H35NO2.C11H24O.C5H12/c1-2-3-4-7-10-13-18(15-17-20)14-11-8-5-6-9-12-16-19;1-4-6-8-10-11(12-3)9-7-5-2;1-3-5-4-2/h16,20H,2-15,17H2,1H3;11H,4-10H2,1-3H3;3-5H2,1-2H3. The summed E-state index contributed by atoms with van der Waals surface area (Å²) in [4.78, 5) is 12.6. The number of rotatable bonds is 26. The molecule has 0 aliphatic rings. The molecule has 0 aromatic rings. The molecular formula is C33H71NO3. The van der Waals surface area contributed by atoms with E-state index < -0.39 is 0 Å². The number of carbonyl (C=O) groups excluding carboxylic acids is 1. The van der Waals surface area contributed by atoms with Gasteiger partial charge in [-0.1, -0.05) is 131 Å². The maximum atomic E-state index is 10.2. The first kappa shape index (κ1) is 41.0. The third kappa shape index (κ3) is 40.2. The van der Waals surface area contributed by atoms with Crippen molar-refractivity contribution in [1.82, 2.24) is 4.90 Å². The molecule has 0 aliphatic carbocycles. The minimum Gasteiger partial charge on any atom is -0.395 e. The summed E-state index contributed by atoms with van der Waals surface area (Å²) >= 11 is 0. The first-order valence-electron chi connectivity index (χ1n) is 16.4. The Kier molecular flexibility index (Phi) is 44.4. The number of nitrogens with zero attached hydrogens (tertiary/aromatic N) is 1. The minimum absolute atomic E-state index is 0.272. The van der Waals surface area contributed by atoms with Crippen molar-refractivity contribution in [3.63, 3.8) is 0 Å². The second kappa shape index (κ2) is 40.1. The molecule has 0 saturated heterocycles. The smallest absolute Gasteiger partial charge is 0.119 e. The zero-order valence-corrected chi connectivity index (χ0v) is 26.5. The molecule has 0 spiro atoms. The maximum absolute atomic E-state index is 10.2. The predicted molar refractivity (Wildman–Crippen MR) is 166 cm³/mol. The highest BCUT2D eigenvalue weighted by atomic mass is 16.5. The highest BCUT2D eigenvalue weighted by Crippen LogP contribution is 2.12. The predicted octanol–water partition coefficient (Wildman–Crippen LogP) is 9.76. The lowest BCUT2D eigenvalue weighted by molar-refractivity contribution is -0.107. The number of carbonyl (C=O) groups is 1. The number of unbranched alkanes of at least 4 members (excludes halogenated alkanes) is 14. The summed E-state index contributed by atoms with van der Waals surface area (Å²) in [5.74, 6) is 0. The average molecular weight is 530 g/mol. The van der Waals surface area contributed by atoms with Gasteiger partial charge < -0.3 is 19.5 Å². The summed E-state index contributed by atoms with van der Waals surface area (Å²) in [6, 6.07) is 0. The molecule has 37 heavy (non-hydrogen) atoms. The van der Waals surface area contributed by atoms with Crippen LogP contribution in [0.4, 0.5) is 0 Å². The number of aldehydes is 1. The van der Waals surface area contributed by atoms with Crippen molar-refractivity contribution < 1.29 is 14.6 Å². The Bertz CT molecular complexity index is 377. The van der Waals surface area contributed by atoms with Gasteiger partial charge in [0.25, 0.3) is 0 Å². The molecule has 1 atom stereocenters. The van der Waals surface area contributed by atoms with Crippen LogP contribution in [0.2, 0.25) is 0 Å². The third-order valence-corrected chi connectivity index (χ3v) is 6.84. The summed E-state index contributed by atoms with van der Waals surface area (Å²) in [5, 5.41) is 9.10. The highest BCUT2D eigenvalue weighted by molar-refractivity contribution is 5.48. The number of hydrogen-bond acceptors (Lipinski definition) is 4. The molecular weight excluding hydrogens is 458 g/mol. The quantitative estimate of drug-likeness (QED) is 0.0894. The van der Waals surface area contributed by atoms with Gasteiger partial charge in [-0.15, -0.1) is 0 Å². The van der Waals surface area contributed by atoms with Crippen molar-refractivity contribution in [2.24, 2.45) is 0 Å². The van der Waals surface area contributed by atoms with E-state index >= 15 is 0 Å². The van der Waals surface area contributed by atoms with E-state index in [-0.39, 0.29) is 6.61 Å². The Balaban J connectivity index is -0.000000572. The fraction of sp³-hybridized carbons (Fsp3) is 0.970. The van der Waals surface area contributed by atoms with Gasteiger partial charge in [-0.05, 0) is 45.2 Å². The van der Waals surface area contributed by atoms with Crippen LogP contribution in [-0.4, -0.2) is 55.7 Å². The molecule has 0 bridgehead atoms. The SMILES string of the molecule is CCCCC.CCCCCC(CCCC)OC.CCCCCCCN(CCO)CCCCCCCC=O. The van der Waals surface area contributed by atoms with Crippen molar-refractivity contribution in [3.05, 3.63) is 0 Å². The van der Waals surface area contributed by atoms with Crippen LogP contribution in [0.15, 0.2) is 0 Å². The van der Waals surface area contributed by atoms with Gasteiger partial charge in [0.15, 0.2) is 0 Å². The van der Waals surface area contributed by atoms with Crippen LogP contribution in [0, 0.1) is 0 Å². The van der Waals surface area contributed by atoms with Gasteiger partial charge in [0.2, 0.25) is 0 Å². The molecule has 0 fully saturated rings. The Morgan fingerprint density at radius 2 is 1.05 bits per heavy atom. The van der Waals surface area contributed by atoms with Crippen LogP contribution >= 0.6 is 0 Å². The third-order valence-electron chi connectivity index (χ3n) is 6.84. The molecule has 1 N–H and O–H groups in total. The first-order valence-corrected chi connectivity index (χ1v) is 16.4. The number of aliphatic hydroxyl groups is 1. The van der Waals surface area contributed by atoms with Crippen LogP contribution in [0.25, 0.3) is 0 Å². The average Bonchev–Trinajstić information content (AvgIpc) is 2.91. The van der Waals surface area contributed by atoms with Crippen LogP contribution in [0.5, 0.6) is 0 Å². The zero-order chi connectivity index (χ0) is 28.2. The van der Waals surface area contributed by atoms with Gasteiger partial charge in [0, 0.05) is 20.1 Å². The lowest BCUT2D eigenvalue weighted by atomic mass is 10.1. The van der Waals surface area contributed by atoms with E-state index in [0.29, 0.717) is 12.5 Å². The summed E-state index contributed by atoms with van der Waals surface area (Å²) < 4.78 is 5.40. The molecule has 0 radical (unpaired) electrons. The van der Waals surface area contributed by atoms with Crippen LogP contribution < -0.4 is 0 Å². The van der Waals surface area contributed by atoms with Crippen LogP contribution in [0.1, 0.15) is 169 Å². The Morgan fingerprint density at radius 3 is 1.51 bits per heavy atom. The van der Waals surface area contributed by atoms with E-state index in [1.165, 1.54) is 122 Å². The monoisotopic (exact) mass is 530 g/mol. The van der Waals surface area contributed by atoms with Crippen LogP contribution in [0.3, 0.4) is 0 Å². The molecule has 1 unspecified atom stereocenters. The zero-order valence-electron chi connectivity index (χ0n) is 26.5. The second-order valence-corrected chi connectivity index (χ2v) is 10.6. The highest BCUT2D eigenvalue weighted by Gasteiger charge is 2.05. The molecule has 0 aliphatic heterocycles. The van der Waals surface area contributed by atoms with Crippen molar-refractivity contribution in [2.45, 2.75) is 176 Å². The second-order valence-electron chi connectivity index (χ2n) is 10.6. The molecule has 0 amide bonds. The van der Waals surface area contributed by atoms with E-state index in [9.17, 15) is 4.79 Å². The molecule has 0 heterocycles. The van der Waals surface area contributed by atoms with Gasteiger partial charge in [-0.2, -0.15) is 0 Å². The van der Waals surface area contributed by atoms with Crippen molar-refractivity contribution in [3.8, 4) is 0 Å². The maximum Gasteiger partial charge on any atom is 0.119 e. The Morgan fingerprint density at radius 1 is 0.595 bits per heavy atom. The number of aliphatic hydroxyl groups excluding tert-OH is 1. The summed E-state index contributed by atoms with van der Waals surface area (Å²) in [6.45, 7) is 14.5. The molecule has 0 rings (SSSR count). The summed E-state index contributed by atoms with van der Waals surface area (Å²) in [6.07, 6.45) is 27.9. The van der Waals surface area contributed by atoms with Crippen molar-refractivity contribution >= 4 is 6.29 Å². The fourth-order valence-corrected chi connectivity index (χ4v) is 4.30. The van der Waals surface area contributed by atoms with E-state index in [1.807, 2.05) is 7.11 Å². The first-order chi connectivity index (χ1) is 18.1. The summed E-state index contributed by atoms with van der Waals surface area (Å²) in [7, 11) is 1.84. The van der Waals surface area contributed by atoms with Gasteiger partial charge in [0.05, 0.1) is 12.7 Å². The molecule has 0 aromatic heterocycles. The van der Waals surface area contributed by atoms with E-state index in [0.717, 1.165) is 32.3 Å². The summed E-state index contributed by atoms with van der Waals surface area (Å²) in [5.41, 5.74) is 0. The van der Waals surface area contributed by atoms with Crippen molar-refractivity contribution in [2.75, 3.05) is 33.4 Å². The van der Waals surface area contributed by atoms with Crippen molar-refractivity contribution in [1.29, 1.82) is 0 Å². The lowest BCUT2D eigenvalue weighted by Gasteiger charge is -2.21. The number of hydrogen-bond donors (Lipinski definition) is 1.